The standard InChI is InChI=1S/C29H25F2N5O5S/c30-21-9-18(11-24-27(21)41-7-5-25(31)42(24,38)39)29(37)34-15-20-12-22-17(13-32-20)3-4-26(35-22)36-6-8-40-23-10-19(16-1-2-16)14-33-28(23)36/h3-4,9-14,16,25H,1-2,5-8,15H2,(H,34,37)/t25-/m1/s1. The second-order valence-electron chi connectivity index (χ2n) is 10.5. The van der Waals surface area contributed by atoms with Gasteiger partial charge in [-0.2, -0.15) is 0 Å². The van der Waals surface area contributed by atoms with Gasteiger partial charge in [0.25, 0.3) is 5.91 Å². The molecular formula is C29H25F2N5O5S. The zero-order valence-corrected chi connectivity index (χ0v) is 23.0. The zero-order chi connectivity index (χ0) is 29.0. The van der Waals surface area contributed by atoms with Gasteiger partial charge in [-0.3, -0.25) is 9.78 Å². The maximum atomic E-state index is 14.7. The molecule has 13 heteroatoms. The molecule has 1 saturated carbocycles. The number of carbonyl (C=O) groups excluding carboxylic acids is 1. The lowest BCUT2D eigenvalue weighted by Crippen LogP contribution is -2.30. The first-order valence-electron chi connectivity index (χ1n) is 13.6. The summed E-state index contributed by atoms with van der Waals surface area (Å²) in [7, 11) is -4.51. The molecule has 0 radical (unpaired) electrons. The number of halogens is 2. The Kier molecular flexibility index (Phi) is 6.41. The fourth-order valence-corrected chi connectivity index (χ4v) is 6.53. The van der Waals surface area contributed by atoms with Gasteiger partial charge in [-0.1, -0.05) is 0 Å². The van der Waals surface area contributed by atoms with Crippen molar-refractivity contribution in [3.8, 4) is 11.5 Å². The lowest BCUT2D eigenvalue weighted by molar-refractivity contribution is 0.0949. The highest BCUT2D eigenvalue weighted by atomic mass is 32.2. The summed E-state index contributed by atoms with van der Waals surface area (Å²) in [6, 6.07) is 9.39. The molecule has 1 amide bonds. The number of anilines is 2. The molecular weight excluding hydrogens is 568 g/mol. The predicted molar refractivity (Wildman–Crippen MR) is 148 cm³/mol. The van der Waals surface area contributed by atoms with E-state index in [9.17, 15) is 22.0 Å². The Hall–Kier alpha value is -4.39. The number of carbonyl (C=O) groups is 1. The first-order chi connectivity index (χ1) is 20.3. The molecule has 0 unspecified atom stereocenters. The van der Waals surface area contributed by atoms with Crippen LogP contribution in [0, 0.1) is 5.82 Å². The minimum Gasteiger partial charge on any atom is -0.489 e. The second-order valence-corrected chi connectivity index (χ2v) is 12.5. The lowest BCUT2D eigenvalue weighted by Gasteiger charge is -2.29. The fourth-order valence-electron chi connectivity index (χ4n) is 5.14. The van der Waals surface area contributed by atoms with Crippen molar-refractivity contribution in [3.05, 3.63) is 71.4 Å². The van der Waals surface area contributed by atoms with Gasteiger partial charge < -0.3 is 19.7 Å². The molecule has 0 bridgehead atoms. The van der Waals surface area contributed by atoms with Crippen molar-refractivity contribution < 1.29 is 31.5 Å². The van der Waals surface area contributed by atoms with Gasteiger partial charge in [0, 0.05) is 29.8 Å². The van der Waals surface area contributed by atoms with Crippen LogP contribution in [0.2, 0.25) is 0 Å². The van der Waals surface area contributed by atoms with E-state index in [1.54, 1.807) is 12.3 Å². The summed E-state index contributed by atoms with van der Waals surface area (Å²) in [5.74, 6) is 0.309. The molecule has 10 nitrogen and oxygen atoms in total. The van der Waals surface area contributed by atoms with Crippen LogP contribution in [0.4, 0.5) is 20.4 Å². The monoisotopic (exact) mass is 593 g/mol. The van der Waals surface area contributed by atoms with Crippen LogP contribution in [-0.2, 0) is 16.4 Å². The third-order valence-corrected chi connectivity index (χ3v) is 9.38. The van der Waals surface area contributed by atoms with Crippen molar-refractivity contribution in [2.75, 3.05) is 24.7 Å². The second kappa shape index (κ2) is 10.2. The highest BCUT2D eigenvalue weighted by molar-refractivity contribution is 7.92. The number of alkyl halides is 1. The van der Waals surface area contributed by atoms with Crippen molar-refractivity contribution in [2.24, 2.45) is 0 Å². The molecule has 1 aliphatic carbocycles. The topological polar surface area (TPSA) is 124 Å². The molecule has 5 heterocycles. The van der Waals surface area contributed by atoms with Gasteiger partial charge in [0.15, 0.2) is 23.1 Å². The molecule has 1 N–H and O–H groups in total. The van der Waals surface area contributed by atoms with Gasteiger partial charge >= 0.3 is 0 Å². The molecule has 4 aromatic rings. The minimum atomic E-state index is -4.51. The SMILES string of the molecule is O=C(NCc1cc2nc(N3CCOc4cc(C5CC5)cnc43)ccc2cn1)c1cc(F)c2c(c1)S(=O)(=O)[C@@H](F)CCO2. The Bertz CT molecular complexity index is 1850. The maximum Gasteiger partial charge on any atom is 0.251 e. The molecule has 0 saturated heterocycles. The summed E-state index contributed by atoms with van der Waals surface area (Å²) < 4.78 is 65.0. The van der Waals surface area contributed by atoms with Gasteiger partial charge in [0.05, 0.1) is 30.9 Å². The Morgan fingerprint density at radius 3 is 2.74 bits per heavy atom. The molecule has 42 heavy (non-hydrogen) atoms. The number of rotatable bonds is 5. The number of hydrogen-bond donors (Lipinski definition) is 1. The molecule has 3 aromatic heterocycles. The summed E-state index contributed by atoms with van der Waals surface area (Å²) in [6.45, 7) is 0.741. The highest BCUT2D eigenvalue weighted by Crippen LogP contribution is 2.43. The molecule has 2 aliphatic heterocycles. The summed E-state index contributed by atoms with van der Waals surface area (Å²) in [5.41, 5.74) is -0.225. The number of benzene rings is 1. The number of sulfone groups is 1. The number of fused-ring (bicyclic) bond motifs is 3. The molecule has 7 rings (SSSR count). The van der Waals surface area contributed by atoms with E-state index in [0.717, 1.165) is 23.3 Å². The average molecular weight is 594 g/mol. The van der Waals surface area contributed by atoms with E-state index in [0.29, 0.717) is 41.9 Å². The third kappa shape index (κ3) is 4.77. The smallest absolute Gasteiger partial charge is 0.251 e. The number of nitrogens with zero attached hydrogens (tertiary/aromatic N) is 4. The number of pyridine rings is 3. The normalized spacial score (nSPS) is 19.2. The molecule has 1 atom stereocenters. The van der Waals surface area contributed by atoms with E-state index in [2.05, 4.69) is 21.4 Å². The number of hydrogen-bond acceptors (Lipinski definition) is 9. The molecule has 216 valence electrons. The van der Waals surface area contributed by atoms with Crippen LogP contribution >= 0.6 is 0 Å². The van der Waals surface area contributed by atoms with Crippen LogP contribution in [-0.4, -0.2) is 54.5 Å². The van der Waals surface area contributed by atoms with Crippen molar-refractivity contribution >= 4 is 38.3 Å². The summed E-state index contributed by atoms with van der Waals surface area (Å²) in [6.07, 6.45) is 5.45. The van der Waals surface area contributed by atoms with Crippen LogP contribution < -0.4 is 19.7 Å². The van der Waals surface area contributed by atoms with E-state index in [4.69, 9.17) is 14.5 Å². The number of ether oxygens (including phenoxy) is 2. The Balaban J connectivity index is 1.11. The average Bonchev–Trinajstić information content (AvgIpc) is 3.85. The van der Waals surface area contributed by atoms with Crippen LogP contribution in [0.3, 0.4) is 0 Å². The molecule has 1 fully saturated rings. The quantitative estimate of drug-likeness (QED) is 0.360. The number of amides is 1. The van der Waals surface area contributed by atoms with Crippen LogP contribution in [0.15, 0.2) is 53.7 Å². The minimum absolute atomic E-state index is 0.0414. The van der Waals surface area contributed by atoms with E-state index >= 15 is 0 Å². The van der Waals surface area contributed by atoms with Crippen molar-refractivity contribution in [3.63, 3.8) is 0 Å². The van der Waals surface area contributed by atoms with Crippen molar-refractivity contribution in [1.29, 1.82) is 0 Å². The molecule has 1 aromatic carbocycles. The molecule has 3 aliphatic rings. The Morgan fingerprint density at radius 2 is 1.90 bits per heavy atom. The first-order valence-corrected chi connectivity index (χ1v) is 15.1. The number of nitrogens with one attached hydrogen (secondary N) is 1. The van der Waals surface area contributed by atoms with Gasteiger partial charge in [0.2, 0.25) is 15.3 Å². The largest absolute Gasteiger partial charge is 0.489 e. The zero-order valence-electron chi connectivity index (χ0n) is 22.2. The van der Waals surface area contributed by atoms with Crippen LogP contribution in [0.1, 0.15) is 46.8 Å². The highest BCUT2D eigenvalue weighted by Gasteiger charge is 2.36. The summed E-state index contributed by atoms with van der Waals surface area (Å²) in [4.78, 5) is 28.1. The number of aromatic nitrogens is 3. The Labute approximate surface area is 239 Å². The fraction of sp³-hybridized carbons (Fsp3) is 0.310. The van der Waals surface area contributed by atoms with Gasteiger partial charge in [-0.15, -0.1) is 0 Å². The maximum absolute atomic E-state index is 14.7. The first kappa shape index (κ1) is 26.5. The van der Waals surface area contributed by atoms with Crippen LogP contribution in [0.5, 0.6) is 11.5 Å². The van der Waals surface area contributed by atoms with E-state index in [1.165, 1.54) is 18.4 Å². The van der Waals surface area contributed by atoms with Crippen molar-refractivity contribution in [2.45, 2.75) is 42.1 Å². The van der Waals surface area contributed by atoms with Crippen molar-refractivity contribution in [1.82, 2.24) is 20.3 Å². The third-order valence-electron chi connectivity index (χ3n) is 7.56. The Morgan fingerprint density at radius 1 is 1.05 bits per heavy atom. The van der Waals surface area contributed by atoms with Gasteiger partial charge in [-0.25, -0.2) is 27.2 Å². The van der Waals surface area contributed by atoms with E-state index in [-0.39, 0.29) is 18.7 Å². The van der Waals surface area contributed by atoms with Gasteiger partial charge in [0.1, 0.15) is 17.3 Å². The summed E-state index contributed by atoms with van der Waals surface area (Å²) >= 11 is 0. The predicted octanol–water partition coefficient (Wildman–Crippen LogP) is 4.35. The lowest BCUT2D eigenvalue weighted by atomic mass is 10.1. The van der Waals surface area contributed by atoms with Crippen LogP contribution in [0.25, 0.3) is 10.9 Å². The van der Waals surface area contributed by atoms with E-state index < -0.39 is 44.1 Å². The van der Waals surface area contributed by atoms with Gasteiger partial charge in [-0.05, 0) is 60.7 Å². The molecule has 0 spiro atoms. The van der Waals surface area contributed by atoms with E-state index in [1.807, 2.05) is 23.2 Å². The summed E-state index contributed by atoms with van der Waals surface area (Å²) in [5, 5.41) is 3.41.